The number of fused-ring (bicyclic) bond motifs is 1. The Hall–Kier alpha value is -5.05. The Balaban J connectivity index is 0. The van der Waals surface area contributed by atoms with Gasteiger partial charge < -0.3 is 41.8 Å². The standard InChI is InChI=1S/C26H41N5O.C13H21N.C8H16N4O.C2H4O.C2H6.CH5N/c1-5-6-14-32-26(28-16-21(2)27-3)29-20-30(4)17-23-10-11-24-12-13-31(19-25(24)15-23)18-22-8-7-9-22;1-5-12-7-8-14(6-2)10-13(12)9-11(3)4;1-6(9)4-12-8(13)5-11-7(2)10-3;1-2-3;2*1-2/h10-11,15-16,20,22,27H,5-9,12-14,17-19H2,1-4H3;5,9H,3,6-8,10H2,1-2,4H3;4H,5,9H2,1-3H3,(H,10,11)(H,12,13);2H,1H3;1-2H3;2H2,1H3/b21-16+,28-26+,29-20+;12-5-,13-9-;6-4-;;;. The fourth-order valence-corrected chi connectivity index (χ4v) is 6.50. The lowest BCUT2D eigenvalue weighted by molar-refractivity contribution is -0.119. The van der Waals surface area contributed by atoms with Crippen LogP contribution >= 0.6 is 0 Å². The summed E-state index contributed by atoms with van der Waals surface area (Å²) in [5.41, 5.74) is 19.8. The summed E-state index contributed by atoms with van der Waals surface area (Å²) in [6.07, 6.45) is 18.9. The van der Waals surface area contributed by atoms with Gasteiger partial charge in [0.05, 0.1) is 31.5 Å². The van der Waals surface area contributed by atoms with Crippen LogP contribution in [0.5, 0.6) is 0 Å². The van der Waals surface area contributed by atoms with Crippen LogP contribution in [0.1, 0.15) is 124 Å². The van der Waals surface area contributed by atoms with Crippen LogP contribution in [0.2, 0.25) is 0 Å². The SMILES string of the molecule is C=C(C)/C=C1/CN(CC)CC/C1=C/C.CC.CC=O.CCCCOC(/N=C/N(C)Cc1ccc2c(c1)CN(CC1CCC1)CC2)=N/C=C(\C)NC.CN.CN=C(C)NCC(=O)N/C=C(/C)N. The Morgan fingerprint density at radius 1 is 1.02 bits per heavy atom. The lowest BCUT2D eigenvalue weighted by Crippen LogP contribution is -2.36. The molecule has 0 bridgehead atoms. The lowest BCUT2D eigenvalue weighted by Gasteiger charge is -2.35. The van der Waals surface area contributed by atoms with E-state index in [4.69, 9.17) is 15.3 Å². The molecule has 2 aliphatic heterocycles. The predicted molar refractivity (Wildman–Crippen MR) is 284 cm³/mol. The Bertz CT molecular complexity index is 1720. The normalized spacial score (nSPS) is 16.7. The largest absolute Gasteiger partial charge is 0.463 e. The van der Waals surface area contributed by atoms with Crippen LogP contribution in [-0.2, 0) is 33.8 Å². The molecule has 0 atom stereocenters. The van der Waals surface area contributed by atoms with Gasteiger partial charge in [0.25, 0.3) is 0 Å². The van der Waals surface area contributed by atoms with E-state index in [1.165, 1.54) is 99.7 Å². The van der Waals surface area contributed by atoms with Gasteiger partial charge in [-0.2, -0.15) is 4.99 Å². The van der Waals surface area contributed by atoms with E-state index < -0.39 is 0 Å². The molecule has 1 saturated carbocycles. The number of benzene rings is 1. The van der Waals surface area contributed by atoms with E-state index >= 15 is 0 Å². The highest BCUT2D eigenvalue weighted by atomic mass is 16.5. The summed E-state index contributed by atoms with van der Waals surface area (Å²) in [4.78, 5) is 39.8. The average Bonchev–Trinajstić information content (AvgIpc) is 3.30. The fourth-order valence-electron chi connectivity index (χ4n) is 6.50. The summed E-state index contributed by atoms with van der Waals surface area (Å²) in [6.45, 7) is 32.0. The van der Waals surface area contributed by atoms with Crippen molar-refractivity contribution in [1.29, 1.82) is 0 Å². The molecule has 0 unspecified atom stereocenters. The highest BCUT2D eigenvalue weighted by Gasteiger charge is 2.23. The Morgan fingerprint density at radius 2 is 1.68 bits per heavy atom. The minimum atomic E-state index is -0.146. The summed E-state index contributed by atoms with van der Waals surface area (Å²) < 4.78 is 5.76. The lowest BCUT2D eigenvalue weighted by atomic mass is 9.84. The van der Waals surface area contributed by atoms with Crippen LogP contribution in [0.3, 0.4) is 0 Å². The first-order valence-electron chi connectivity index (χ1n) is 23.9. The van der Waals surface area contributed by atoms with Gasteiger partial charge in [0, 0.05) is 78.0 Å². The van der Waals surface area contributed by atoms with Crippen LogP contribution in [0.15, 0.2) is 92.4 Å². The molecule has 2 heterocycles. The molecule has 0 radical (unpaired) electrons. The Labute approximate surface area is 402 Å². The number of likely N-dealkylation sites (N-methyl/N-ethyl adjacent to an activating group) is 1. The number of piperidine rings is 1. The first-order valence-corrected chi connectivity index (χ1v) is 23.9. The summed E-state index contributed by atoms with van der Waals surface area (Å²) in [7, 11) is 7.08. The number of carbonyl (C=O) groups is 2. The minimum Gasteiger partial charge on any atom is -0.463 e. The van der Waals surface area contributed by atoms with Gasteiger partial charge in [-0.05, 0) is 121 Å². The van der Waals surface area contributed by atoms with Crippen molar-refractivity contribution in [2.45, 2.75) is 127 Å². The first kappa shape index (κ1) is 63.0. The zero-order valence-electron chi connectivity index (χ0n) is 43.9. The van der Waals surface area contributed by atoms with Crippen molar-refractivity contribution in [2.24, 2.45) is 32.4 Å². The number of aldehydes is 1. The Kier molecular flexibility index (Phi) is 38.4. The molecule has 1 saturated heterocycles. The second-order valence-electron chi connectivity index (χ2n) is 16.0. The minimum absolute atomic E-state index is 0.146. The van der Waals surface area contributed by atoms with E-state index in [0.717, 1.165) is 68.3 Å². The molecule has 7 N–H and O–H groups in total. The number of unbranched alkanes of at least 4 members (excludes halogenated alkanes) is 1. The predicted octanol–water partition coefficient (Wildman–Crippen LogP) is 8.09. The molecule has 14 nitrogen and oxygen atoms in total. The summed E-state index contributed by atoms with van der Waals surface area (Å²) in [5, 5.41) is 8.40. The van der Waals surface area contributed by atoms with Crippen molar-refractivity contribution in [1.82, 2.24) is 30.7 Å². The highest BCUT2D eigenvalue weighted by Crippen LogP contribution is 2.29. The molecule has 14 heteroatoms. The average molecular weight is 920 g/mol. The van der Waals surface area contributed by atoms with Crippen molar-refractivity contribution in [3.05, 3.63) is 94.1 Å². The number of likely N-dealkylation sites (tertiary alicyclic amines) is 1. The van der Waals surface area contributed by atoms with E-state index in [0.29, 0.717) is 18.3 Å². The maximum absolute atomic E-state index is 11.0. The van der Waals surface area contributed by atoms with Crippen molar-refractivity contribution in [3.8, 4) is 0 Å². The number of hydrogen-bond donors (Lipinski definition) is 5. The van der Waals surface area contributed by atoms with Crippen LogP contribution in [0, 0.1) is 5.92 Å². The number of nitrogens with one attached hydrogen (secondary N) is 3. The van der Waals surface area contributed by atoms with Crippen LogP contribution in [-0.4, -0.2) is 119 Å². The van der Waals surface area contributed by atoms with Crippen molar-refractivity contribution < 1.29 is 14.3 Å². The van der Waals surface area contributed by atoms with E-state index in [1.807, 2.05) is 41.2 Å². The van der Waals surface area contributed by atoms with E-state index in [2.05, 4.69) is 116 Å². The van der Waals surface area contributed by atoms with Gasteiger partial charge in [-0.25, -0.2) is 4.99 Å². The van der Waals surface area contributed by atoms with Crippen molar-refractivity contribution >= 4 is 30.4 Å². The van der Waals surface area contributed by atoms with Crippen LogP contribution < -0.4 is 27.4 Å². The van der Waals surface area contributed by atoms with E-state index in [-0.39, 0.29) is 12.5 Å². The molecule has 1 aliphatic carbocycles. The number of amides is 1. The number of rotatable bonds is 15. The smallest absolute Gasteiger partial charge is 0.317 e. The van der Waals surface area contributed by atoms with Gasteiger partial charge in [0.1, 0.15) is 6.29 Å². The van der Waals surface area contributed by atoms with Gasteiger partial charge in [-0.3, -0.25) is 19.6 Å². The summed E-state index contributed by atoms with van der Waals surface area (Å²) in [6, 6.07) is 7.37. The molecule has 1 aromatic carbocycles. The van der Waals surface area contributed by atoms with E-state index in [1.54, 1.807) is 27.1 Å². The summed E-state index contributed by atoms with van der Waals surface area (Å²) >= 11 is 0. The van der Waals surface area contributed by atoms with Gasteiger partial charge in [-0.1, -0.05) is 83.0 Å². The maximum Gasteiger partial charge on any atom is 0.317 e. The number of nitrogens with zero attached hydrogens (tertiary/aromatic N) is 6. The molecule has 1 aromatic rings. The monoisotopic (exact) mass is 920 g/mol. The molecule has 3 aliphatic rings. The van der Waals surface area contributed by atoms with Crippen molar-refractivity contribution in [2.75, 3.05) is 74.1 Å². The molecule has 0 spiro atoms. The molecule has 2 fully saturated rings. The molecule has 4 rings (SSSR count). The third-order valence-corrected chi connectivity index (χ3v) is 10.4. The molecular formula is C52H93N11O3. The zero-order chi connectivity index (χ0) is 50.3. The number of allylic oxidation sites excluding steroid dienone is 5. The fraction of sp³-hybridized carbons (Fsp3) is 0.596. The molecular weight excluding hydrogens is 827 g/mol. The number of hydrogen-bond acceptors (Lipinski definition) is 10. The van der Waals surface area contributed by atoms with Gasteiger partial charge in [0.15, 0.2) is 0 Å². The summed E-state index contributed by atoms with van der Waals surface area (Å²) in [5.74, 6) is 1.51. The quantitative estimate of drug-likeness (QED) is 0.0500. The third-order valence-electron chi connectivity index (χ3n) is 10.4. The number of nitrogens with two attached hydrogens (primary N) is 2. The topological polar surface area (TPSA) is 178 Å². The number of ether oxygens (including phenoxy) is 1. The molecule has 1 amide bonds. The van der Waals surface area contributed by atoms with Crippen LogP contribution in [0.4, 0.5) is 0 Å². The second kappa shape index (κ2) is 40.2. The first-order chi connectivity index (χ1) is 31.7. The highest BCUT2D eigenvalue weighted by molar-refractivity contribution is 5.86. The number of amidine groups is 2. The van der Waals surface area contributed by atoms with Gasteiger partial charge in [0.2, 0.25) is 5.91 Å². The second-order valence-corrected chi connectivity index (χ2v) is 16.0. The molecule has 66 heavy (non-hydrogen) atoms. The zero-order valence-corrected chi connectivity index (χ0v) is 43.9. The number of aliphatic imine (C=N–C) groups is 3. The third kappa shape index (κ3) is 30.2. The number of carbonyl (C=O) groups excluding carboxylic acids is 2. The Morgan fingerprint density at radius 3 is 2.23 bits per heavy atom. The molecule has 0 aromatic heterocycles. The van der Waals surface area contributed by atoms with Crippen molar-refractivity contribution in [3.63, 3.8) is 0 Å². The van der Waals surface area contributed by atoms with Gasteiger partial charge in [-0.15, -0.1) is 0 Å². The maximum atomic E-state index is 11.0. The van der Waals surface area contributed by atoms with Gasteiger partial charge >= 0.3 is 6.02 Å². The molecule has 374 valence electrons. The van der Waals surface area contributed by atoms with E-state index in [9.17, 15) is 4.79 Å². The van der Waals surface area contributed by atoms with Crippen LogP contribution in [0.25, 0.3) is 0 Å².